The molecule has 0 aromatic heterocycles. The molecule has 55 heavy (non-hydrogen) atoms. The number of alkyl halides is 1. The van der Waals surface area contributed by atoms with E-state index in [1.54, 1.807) is 27.1 Å². The topological polar surface area (TPSA) is 152 Å². The van der Waals surface area contributed by atoms with Crippen LogP contribution in [0.4, 0.5) is 15.3 Å². The Hall–Kier alpha value is -3.90. The van der Waals surface area contributed by atoms with Gasteiger partial charge in [-0.2, -0.15) is 0 Å². The summed E-state index contributed by atoms with van der Waals surface area (Å²) in [4.78, 5) is 67.3. The lowest BCUT2D eigenvalue weighted by Crippen LogP contribution is -2.69. The number of esters is 1. The Bertz CT molecular complexity index is 1710. The van der Waals surface area contributed by atoms with E-state index in [0.717, 1.165) is 16.8 Å². The minimum absolute atomic E-state index is 0.0345. The molecule has 4 aliphatic rings. The first-order chi connectivity index (χ1) is 25.8. The third-order valence-corrected chi connectivity index (χ3v) is 13.8. The monoisotopic (exact) mass is 783 g/mol. The van der Waals surface area contributed by atoms with Crippen LogP contribution in [0.5, 0.6) is 0 Å². The summed E-state index contributed by atoms with van der Waals surface area (Å²) >= 11 is 7.59. The van der Waals surface area contributed by atoms with Crippen LogP contribution in [0, 0.1) is 28.6 Å². The predicted molar refractivity (Wildman–Crippen MR) is 208 cm³/mol. The fourth-order valence-electron chi connectivity index (χ4n) is 10.0. The van der Waals surface area contributed by atoms with Gasteiger partial charge in [-0.05, 0) is 87.6 Å². The van der Waals surface area contributed by atoms with Crippen LogP contribution in [0.2, 0.25) is 0 Å². The molecule has 2 N–H and O–H groups in total. The van der Waals surface area contributed by atoms with Crippen LogP contribution >= 0.6 is 11.6 Å². The van der Waals surface area contributed by atoms with Crippen molar-refractivity contribution in [3.63, 3.8) is 0 Å². The minimum atomic E-state index is -1.67. The number of rotatable bonds is 13. The van der Waals surface area contributed by atoms with Gasteiger partial charge in [0.2, 0.25) is 5.78 Å². The van der Waals surface area contributed by atoms with Crippen molar-refractivity contribution < 1.29 is 43.3 Å². The molecule has 0 radical (unpaired) electrons. The Labute approximate surface area is 329 Å². The van der Waals surface area contributed by atoms with Gasteiger partial charge in [-0.25, -0.2) is 9.59 Å². The van der Waals surface area contributed by atoms with Crippen LogP contribution < -0.4 is 5.32 Å². The van der Waals surface area contributed by atoms with E-state index < -0.39 is 63.9 Å². The van der Waals surface area contributed by atoms with Gasteiger partial charge in [0, 0.05) is 62.1 Å². The molecular weight excluding hydrogens is 726 g/mol. The number of nitrogens with one attached hydrogen (secondary N) is 1. The third-order valence-electron chi connectivity index (χ3n) is 12.9. The van der Waals surface area contributed by atoms with E-state index >= 15 is 0 Å². The molecule has 3 saturated carbocycles. The zero-order chi connectivity index (χ0) is 40.5. The summed E-state index contributed by atoms with van der Waals surface area (Å²) < 4.78 is 17.2. The summed E-state index contributed by atoms with van der Waals surface area (Å²) in [6.07, 6.45) is 4.87. The van der Waals surface area contributed by atoms with Gasteiger partial charge in [-0.15, -0.1) is 11.6 Å². The lowest BCUT2D eigenvalue weighted by molar-refractivity contribution is -0.202. The highest BCUT2D eigenvalue weighted by molar-refractivity contribution is 6.26. The van der Waals surface area contributed by atoms with E-state index in [0.29, 0.717) is 38.3 Å². The number of hydrogen-bond donors (Lipinski definition) is 2. The second-order valence-corrected chi connectivity index (χ2v) is 17.3. The first-order valence-corrected chi connectivity index (χ1v) is 19.9. The number of halogens is 1. The first-order valence-electron chi connectivity index (χ1n) is 19.5. The molecule has 3 fully saturated rings. The number of allylic oxidation sites excluding steroid dienone is 4. The smallest absolute Gasteiger partial charge is 0.409 e. The van der Waals surface area contributed by atoms with Crippen LogP contribution in [0.15, 0.2) is 48.1 Å². The SMILES string of the molecule is CCC(=O)O[C@]1(C(=O)COC(=O)N(C)CCCN(C)C(=O)OCc2ccc(NC(C)C)cc2)[C@@H](C)CC2[C@@H]3CCC4=CC(=O)C=C[C@]4(C)[C@@]3(Cl)[C@@H](O)C[C@@]21C. The van der Waals surface area contributed by atoms with E-state index in [4.69, 9.17) is 25.8 Å². The Balaban J connectivity index is 1.20. The molecule has 0 saturated heterocycles. The summed E-state index contributed by atoms with van der Waals surface area (Å²) in [5.74, 6) is -2.14. The number of fused-ring (bicyclic) bond motifs is 5. The van der Waals surface area contributed by atoms with Crippen molar-refractivity contribution in [2.24, 2.45) is 28.6 Å². The van der Waals surface area contributed by atoms with E-state index in [9.17, 15) is 29.1 Å². The van der Waals surface area contributed by atoms with Gasteiger partial charge >= 0.3 is 18.2 Å². The first kappa shape index (κ1) is 42.2. The molecule has 13 heteroatoms. The van der Waals surface area contributed by atoms with Crippen LogP contribution in [0.25, 0.3) is 0 Å². The van der Waals surface area contributed by atoms with Gasteiger partial charge in [-0.1, -0.05) is 51.5 Å². The molecule has 302 valence electrons. The zero-order valence-corrected chi connectivity index (χ0v) is 34.2. The molecule has 1 aromatic rings. The molecule has 1 unspecified atom stereocenters. The van der Waals surface area contributed by atoms with Crippen LogP contribution in [0.3, 0.4) is 0 Å². The molecule has 12 nitrogen and oxygen atoms in total. The average Bonchev–Trinajstić information content (AvgIpc) is 3.35. The highest BCUT2D eigenvalue weighted by atomic mass is 35.5. The number of Topliss-reactive ketones (excluding diaryl/α,β-unsaturated/α-hetero) is 1. The fourth-order valence-corrected chi connectivity index (χ4v) is 10.5. The van der Waals surface area contributed by atoms with Gasteiger partial charge in [-0.3, -0.25) is 14.4 Å². The Morgan fingerprint density at radius 2 is 1.65 bits per heavy atom. The van der Waals surface area contributed by atoms with Crippen molar-refractivity contribution in [3.8, 4) is 0 Å². The van der Waals surface area contributed by atoms with Gasteiger partial charge < -0.3 is 34.4 Å². The van der Waals surface area contributed by atoms with Gasteiger partial charge in [0.25, 0.3) is 0 Å². The highest BCUT2D eigenvalue weighted by Crippen LogP contribution is 2.72. The minimum Gasteiger partial charge on any atom is -0.450 e. The Kier molecular flexibility index (Phi) is 12.5. The maximum atomic E-state index is 14.5. The van der Waals surface area contributed by atoms with Crippen LogP contribution in [-0.2, 0) is 35.2 Å². The largest absolute Gasteiger partial charge is 0.450 e. The van der Waals surface area contributed by atoms with Crippen molar-refractivity contribution in [3.05, 3.63) is 53.6 Å². The number of amides is 2. The van der Waals surface area contributed by atoms with E-state index in [2.05, 4.69) is 19.2 Å². The maximum Gasteiger partial charge on any atom is 0.409 e. The van der Waals surface area contributed by atoms with Crippen LogP contribution in [-0.4, -0.2) is 101 Å². The number of benzene rings is 1. The van der Waals surface area contributed by atoms with Crippen molar-refractivity contribution in [1.29, 1.82) is 0 Å². The second kappa shape index (κ2) is 16.3. The number of ether oxygens (including phenoxy) is 3. The standard InChI is InChI=1S/C42H58ClN3O9/c1-9-36(50)55-42(27(4)21-33-32-16-13-29-22-31(47)17-18-39(29,5)41(32,43)34(48)23-40(33,42)6)35(49)25-54-38(52)46(8)20-10-19-45(7)37(51)53-24-28-11-14-30(15-12-28)44-26(2)3/h11-12,14-15,17-18,22,26-27,32-34,44,48H,9-10,13,16,19-21,23-25H2,1-8H3/t27-,32-,33?,34-,39-,40-,41-,42-/m0/s1. The molecule has 0 bridgehead atoms. The average molecular weight is 784 g/mol. The summed E-state index contributed by atoms with van der Waals surface area (Å²) in [6.45, 7) is 11.6. The molecule has 2 amide bonds. The van der Waals surface area contributed by atoms with Crippen LogP contribution in [0.1, 0.15) is 85.6 Å². The quantitative estimate of drug-likeness (QED) is 0.126. The molecule has 5 rings (SSSR count). The fraction of sp³-hybridized carbons (Fsp3) is 0.643. The number of aliphatic hydroxyl groups excluding tert-OH is 1. The summed E-state index contributed by atoms with van der Waals surface area (Å²) in [5, 5.41) is 15.4. The van der Waals surface area contributed by atoms with Crippen molar-refractivity contribution >= 4 is 47.0 Å². The molecule has 0 spiro atoms. The number of hydrogen-bond acceptors (Lipinski definition) is 10. The number of ketones is 2. The molecular formula is C42H58ClN3O9. The lowest BCUT2D eigenvalue weighted by Gasteiger charge is -2.64. The van der Waals surface area contributed by atoms with Crippen molar-refractivity contribution in [2.75, 3.05) is 39.1 Å². The zero-order valence-electron chi connectivity index (χ0n) is 33.5. The van der Waals surface area contributed by atoms with Crippen molar-refractivity contribution in [1.82, 2.24) is 9.80 Å². The maximum absolute atomic E-state index is 14.5. The number of nitrogens with zero attached hydrogens (tertiary/aromatic N) is 2. The van der Waals surface area contributed by atoms with Gasteiger partial charge in [0.1, 0.15) is 6.61 Å². The summed E-state index contributed by atoms with van der Waals surface area (Å²) in [6, 6.07) is 7.98. The highest BCUT2D eigenvalue weighted by Gasteiger charge is 2.76. The van der Waals surface area contributed by atoms with E-state index in [-0.39, 0.29) is 43.6 Å². The summed E-state index contributed by atoms with van der Waals surface area (Å²) in [7, 11) is 3.16. The molecule has 1 aromatic carbocycles. The number of anilines is 1. The Morgan fingerprint density at radius 3 is 2.27 bits per heavy atom. The molecule has 8 atom stereocenters. The Morgan fingerprint density at radius 1 is 1.02 bits per heavy atom. The molecule has 0 aliphatic heterocycles. The van der Waals surface area contributed by atoms with E-state index in [1.165, 1.54) is 15.9 Å². The molecule has 0 heterocycles. The second-order valence-electron chi connectivity index (χ2n) is 16.7. The normalized spacial score (nSPS) is 32.1. The summed E-state index contributed by atoms with van der Waals surface area (Å²) in [5.41, 5.74) is -0.739. The number of carbonyl (C=O) groups excluding carboxylic acids is 5. The van der Waals surface area contributed by atoms with Gasteiger partial charge in [0.05, 0.1) is 11.0 Å². The number of carbonyl (C=O) groups is 5. The predicted octanol–water partition coefficient (Wildman–Crippen LogP) is 6.68. The molecule has 4 aliphatic carbocycles. The van der Waals surface area contributed by atoms with Crippen molar-refractivity contribution in [2.45, 2.75) is 109 Å². The lowest BCUT2D eigenvalue weighted by atomic mass is 9.45. The number of aliphatic hydroxyl groups is 1. The van der Waals surface area contributed by atoms with E-state index in [1.807, 2.05) is 51.1 Å². The third kappa shape index (κ3) is 7.65. The van der Waals surface area contributed by atoms with Gasteiger partial charge in [0.15, 0.2) is 18.0 Å².